The summed E-state index contributed by atoms with van der Waals surface area (Å²) in [6.07, 6.45) is -12.9. The van der Waals surface area contributed by atoms with Gasteiger partial charge in [-0.1, -0.05) is 20.8 Å². The van der Waals surface area contributed by atoms with Crippen LogP contribution in [-0.2, 0) is 57.2 Å². The van der Waals surface area contributed by atoms with E-state index >= 15 is 0 Å². The average Bonchev–Trinajstić information content (AvgIpc) is 3.51. The number of esters is 4. The second kappa shape index (κ2) is 7.50. The van der Waals surface area contributed by atoms with Crippen LogP contribution in [0.3, 0.4) is 0 Å². The molecule has 2 spiro atoms. The Hall–Kier alpha value is -2.54. The van der Waals surface area contributed by atoms with E-state index in [2.05, 4.69) is 0 Å². The SMILES string of the molecule is CC(=O)O[C@H]1C(=O)OC2O[C@@]34C(=O)OC5[C@H](OS(=O)(=O)C(F)(F)F)[C@@H](C(C)(C)C)C21C53[C@@H](O)C1OC(=O)[C@@H](C)[C@@]14O. The van der Waals surface area contributed by atoms with Crippen LogP contribution in [0.1, 0.15) is 34.6 Å². The van der Waals surface area contributed by atoms with Crippen LogP contribution in [0.4, 0.5) is 13.2 Å². The molecule has 0 amide bonds. The molecule has 0 aromatic carbocycles. The Morgan fingerprint density at radius 1 is 1.02 bits per heavy atom. The zero-order chi connectivity index (χ0) is 30.7. The molecule has 2 saturated carbocycles. The molecule has 14 nitrogen and oxygen atoms in total. The van der Waals surface area contributed by atoms with E-state index in [0.29, 0.717) is 0 Å². The molecule has 4 heterocycles. The van der Waals surface area contributed by atoms with E-state index in [9.17, 15) is 51.0 Å². The third-order valence-corrected chi connectivity index (χ3v) is 10.7. The second-order valence-electron chi connectivity index (χ2n) is 12.3. The lowest BCUT2D eigenvalue weighted by Gasteiger charge is -2.48. The van der Waals surface area contributed by atoms with E-state index in [-0.39, 0.29) is 0 Å². The van der Waals surface area contributed by atoms with Gasteiger partial charge in [-0.25, -0.2) is 9.59 Å². The highest BCUT2D eigenvalue weighted by Gasteiger charge is 3.06. The maximum Gasteiger partial charge on any atom is 0.523 e. The number of carbonyl (C=O) groups excluding carboxylic acids is 4. The molecule has 228 valence electrons. The van der Waals surface area contributed by atoms with Gasteiger partial charge in [-0.3, -0.25) is 13.8 Å². The third-order valence-electron chi connectivity index (χ3n) is 9.70. The lowest BCUT2D eigenvalue weighted by atomic mass is 9.51. The van der Waals surface area contributed by atoms with Gasteiger partial charge in [0.2, 0.25) is 18.0 Å². The molecule has 6 fully saturated rings. The van der Waals surface area contributed by atoms with Gasteiger partial charge in [0.15, 0.2) is 11.7 Å². The first-order chi connectivity index (χ1) is 18.6. The highest BCUT2D eigenvalue weighted by molar-refractivity contribution is 7.87. The molecule has 41 heavy (non-hydrogen) atoms. The molecular formula is C23H25F3O14S. The number of alkyl halides is 3. The zero-order valence-corrected chi connectivity index (χ0v) is 22.8. The first kappa shape index (κ1) is 28.6. The Bertz CT molecular complexity index is 1410. The van der Waals surface area contributed by atoms with Gasteiger partial charge in [0.1, 0.15) is 23.7 Å². The minimum atomic E-state index is -6.43. The fraction of sp³-hybridized carbons (Fsp3) is 0.826. The van der Waals surface area contributed by atoms with E-state index < -0.39 is 116 Å². The summed E-state index contributed by atoms with van der Waals surface area (Å²) in [4.78, 5) is 52.0. The van der Waals surface area contributed by atoms with Gasteiger partial charge >= 0.3 is 39.5 Å². The van der Waals surface area contributed by atoms with E-state index in [1.54, 1.807) is 0 Å². The minimum Gasteiger partial charge on any atom is -0.456 e. The topological polar surface area (TPSA) is 198 Å². The molecule has 0 aromatic heterocycles. The van der Waals surface area contributed by atoms with Crippen LogP contribution >= 0.6 is 0 Å². The highest BCUT2D eigenvalue weighted by Crippen LogP contribution is 2.85. The molecule has 5 unspecified atom stereocenters. The van der Waals surface area contributed by atoms with Crippen molar-refractivity contribution in [2.75, 3.05) is 0 Å². The highest BCUT2D eigenvalue weighted by atomic mass is 32.2. The monoisotopic (exact) mass is 614 g/mol. The smallest absolute Gasteiger partial charge is 0.456 e. The van der Waals surface area contributed by atoms with Crippen LogP contribution in [0.15, 0.2) is 0 Å². The van der Waals surface area contributed by atoms with Gasteiger partial charge in [-0.2, -0.15) is 21.6 Å². The molecule has 12 atom stereocenters. The summed E-state index contributed by atoms with van der Waals surface area (Å²) in [7, 11) is -6.43. The third kappa shape index (κ3) is 2.64. The quantitative estimate of drug-likeness (QED) is 0.171. The summed E-state index contributed by atoms with van der Waals surface area (Å²) in [5.74, 6) is -8.26. The minimum absolute atomic E-state index is 0.895. The van der Waals surface area contributed by atoms with Gasteiger partial charge in [0.05, 0.1) is 11.3 Å². The fourth-order valence-corrected chi connectivity index (χ4v) is 9.43. The Labute approximate surface area is 229 Å². The number of aliphatic hydroxyl groups is 2. The van der Waals surface area contributed by atoms with Gasteiger partial charge in [-0.05, 0) is 12.3 Å². The van der Waals surface area contributed by atoms with E-state index in [1.165, 1.54) is 20.8 Å². The molecule has 0 aromatic rings. The molecule has 6 rings (SSSR count). The number of hydrogen-bond donors (Lipinski definition) is 2. The van der Waals surface area contributed by atoms with Gasteiger partial charge in [-0.15, -0.1) is 0 Å². The number of rotatable bonds is 3. The van der Waals surface area contributed by atoms with Crippen LogP contribution < -0.4 is 0 Å². The molecule has 0 bridgehead atoms. The molecular weight excluding hydrogens is 589 g/mol. The van der Waals surface area contributed by atoms with Crippen molar-refractivity contribution in [1.29, 1.82) is 0 Å². The van der Waals surface area contributed by atoms with Crippen molar-refractivity contribution in [3.05, 3.63) is 0 Å². The number of hydrogen-bond acceptors (Lipinski definition) is 14. The Kier molecular flexibility index (Phi) is 5.23. The molecule has 4 saturated heterocycles. The number of fused-ring (bicyclic) bond motifs is 1. The largest absolute Gasteiger partial charge is 0.523 e. The maximum absolute atomic E-state index is 13.8. The summed E-state index contributed by atoms with van der Waals surface area (Å²) in [6.45, 7) is 6.31. The van der Waals surface area contributed by atoms with Crippen LogP contribution in [0.2, 0.25) is 0 Å². The molecule has 2 N–H and O–H groups in total. The predicted octanol–water partition coefficient (Wildman–Crippen LogP) is -0.954. The predicted molar refractivity (Wildman–Crippen MR) is 117 cm³/mol. The van der Waals surface area contributed by atoms with Crippen molar-refractivity contribution < 1.29 is 78.8 Å². The van der Waals surface area contributed by atoms with Crippen molar-refractivity contribution in [2.45, 2.75) is 88.1 Å². The Morgan fingerprint density at radius 2 is 1.63 bits per heavy atom. The number of ether oxygens (including phenoxy) is 5. The van der Waals surface area contributed by atoms with Crippen molar-refractivity contribution >= 4 is 34.0 Å². The van der Waals surface area contributed by atoms with Crippen molar-refractivity contribution in [3.63, 3.8) is 0 Å². The normalized spacial score (nSPS) is 49.7. The van der Waals surface area contributed by atoms with Crippen molar-refractivity contribution in [1.82, 2.24) is 0 Å². The number of aliphatic hydroxyl groups excluding tert-OH is 1. The van der Waals surface area contributed by atoms with Crippen LogP contribution in [-0.4, -0.2) is 96.0 Å². The van der Waals surface area contributed by atoms with E-state index in [4.69, 9.17) is 27.9 Å². The first-order valence-electron chi connectivity index (χ1n) is 12.5. The lowest BCUT2D eigenvalue weighted by molar-refractivity contribution is -0.240. The second-order valence-corrected chi connectivity index (χ2v) is 13.9. The maximum atomic E-state index is 13.8. The summed E-state index contributed by atoms with van der Waals surface area (Å²) in [6, 6.07) is 0. The summed E-state index contributed by atoms with van der Waals surface area (Å²) in [5, 5.41) is 24.1. The lowest BCUT2D eigenvalue weighted by Crippen LogP contribution is -2.67. The molecule has 2 aliphatic carbocycles. The molecule has 18 heteroatoms. The van der Waals surface area contributed by atoms with E-state index in [1.807, 2.05) is 0 Å². The number of carbonyl (C=O) groups is 4. The molecule has 0 radical (unpaired) electrons. The zero-order valence-electron chi connectivity index (χ0n) is 22.0. The van der Waals surface area contributed by atoms with Crippen LogP contribution in [0, 0.1) is 28.1 Å². The Balaban J connectivity index is 1.73. The van der Waals surface area contributed by atoms with Crippen LogP contribution in [0.25, 0.3) is 0 Å². The fourth-order valence-electron chi connectivity index (χ4n) is 8.82. The average molecular weight is 615 g/mol. The summed E-state index contributed by atoms with van der Waals surface area (Å²) in [5.41, 5.74) is -18.0. The van der Waals surface area contributed by atoms with Gasteiger partial charge in [0.25, 0.3) is 0 Å². The van der Waals surface area contributed by atoms with Crippen molar-refractivity contribution in [2.24, 2.45) is 28.1 Å². The Morgan fingerprint density at radius 3 is 2.17 bits per heavy atom. The number of halogens is 3. The van der Waals surface area contributed by atoms with Crippen LogP contribution in [0.5, 0.6) is 0 Å². The van der Waals surface area contributed by atoms with Gasteiger partial charge in [0, 0.05) is 12.8 Å². The summed E-state index contributed by atoms with van der Waals surface area (Å²) < 4.78 is 98.0. The van der Waals surface area contributed by atoms with E-state index in [0.717, 1.165) is 13.8 Å². The molecule has 6 aliphatic rings. The first-order valence-corrected chi connectivity index (χ1v) is 13.9. The molecule has 4 aliphatic heterocycles. The summed E-state index contributed by atoms with van der Waals surface area (Å²) >= 11 is 0. The van der Waals surface area contributed by atoms with Gasteiger partial charge < -0.3 is 33.9 Å². The van der Waals surface area contributed by atoms with Crippen molar-refractivity contribution in [3.8, 4) is 0 Å². The standard InChI is InChI=1S/C23H25F3O14S/c1-6-14(29)36-12-10(28)20-11-8(40-41(33,34)23(24,25)26)9(18(3,4)5)19(20)13(35-7(2)27)15(30)38-17(19)39-22(20,16(31)37-11)21(6,12)32/h6,8-13,17,28,32H,1-5H3/t6-,8-,9+,10+,11?,12?,13+,17?,19?,20?,21-,22+/m1/s1.